The molecule has 1 aliphatic heterocycles. The summed E-state index contributed by atoms with van der Waals surface area (Å²) in [5.41, 5.74) is 1.05. The van der Waals surface area contributed by atoms with E-state index < -0.39 is 5.60 Å². The van der Waals surface area contributed by atoms with Crippen LogP contribution in [0.2, 0.25) is 0 Å². The number of methoxy groups -OCH3 is 1. The third-order valence-electron chi connectivity index (χ3n) is 5.16. The lowest BCUT2D eigenvalue weighted by Crippen LogP contribution is -2.51. The van der Waals surface area contributed by atoms with E-state index in [1.54, 1.807) is 21.0 Å². The van der Waals surface area contributed by atoms with Crippen LogP contribution in [-0.2, 0) is 16.1 Å². The predicted octanol–water partition coefficient (Wildman–Crippen LogP) is 2.56. The van der Waals surface area contributed by atoms with Crippen molar-refractivity contribution in [2.45, 2.75) is 45.9 Å². The molecule has 1 fully saturated rings. The summed E-state index contributed by atoms with van der Waals surface area (Å²) < 4.78 is 5.30. The van der Waals surface area contributed by atoms with Crippen LogP contribution in [0.4, 0.5) is 0 Å². The van der Waals surface area contributed by atoms with Crippen LogP contribution in [-0.4, -0.2) is 42.6 Å². The first-order valence-corrected chi connectivity index (χ1v) is 8.84. The smallest absolute Gasteiger partial charge is 0.251 e. The zero-order valence-electron chi connectivity index (χ0n) is 15.9. The Balaban J connectivity index is 2.03. The largest absolute Gasteiger partial charge is 0.369 e. The molecule has 1 amide bonds. The molecule has 0 unspecified atom stereocenters. The number of rotatable bonds is 6. The van der Waals surface area contributed by atoms with Gasteiger partial charge in [0.05, 0.1) is 11.6 Å². The number of likely N-dealkylation sites (tertiary alicyclic amines) is 1. The van der Waals surface area contributed by atoms with Gasteiger partial charge in [0.25, 0.3) is 5.91 Å². The molecule has 5 nitrogen and oxygen atoms in total. The number of benzene rings is 1. The average Bonchev–Trinajstić information content (AvgIpc) is 2.98. The Kier molecular flexibility index (Phi) is 6.21. The number of amides is 1. The van der Waals surface area contributed by atoms with E-state index in [9.17, 15) is 4.79 Å². The van der Waals surface area contributed by atoms with Crippen LogP contribution < -0.4 is 5.32 Å². The molecular weight excluding hydrogens is 314 g/mol. The molecule has 5 heteroatoms. The van der Waals surface area contributed by atoms with Gasteiger partial charge in [0, 0.05) is 32.8 Å². The Morgan fingerprint density at radius 3 is 2.52 bits per heavy atom. The number of nitrogens with zero attached hydrogens (tertiary/aromatic N) is 2. The first-order valence-electron chi connectivity index (χ1n) is 8.84. The number of nitrogens with one attached hydrogen (secondary N) is 1. The Labute approximate surface area is 151 Å². The van der Waals surface area contributed by atoms with Gasteiger partial charge in [-0.2, -0.15) is 5.26 Å². The van der Waals surface area contributed by atoms with E-state index in [0.29, 0.717) is 17.4 Å². The third-order valence-corrected chi connectivity index (χ3v) is 5.16. The second-order valence-corrected chi connectivity index (χ2v) is 7.71. The molecule has 0 bridgehead atoms. The monoisotopic (exact) mass is 343 g/mol. The SMILES string of the molecule is COC(C)(C)C(=O)N[C@H]1CN(Cc2ccc(C#N)cc2)C[C@@H]1C(C)C. The molecule has 1 aliphatic rings. The fourth-order valence-corrected chi connectivity index (χ4v) is 3.25. The summed E-state index contributed by atoms with van der Waals surface area (Å²) in [6, 6.07) is 9.98. The number of hydrogen-bond acceptors (Lipinski definition) is 4. The quantitative estimate of drug-likeness (QED) is 0.862. The average molecular weight is 343 g/mol. The van der Waals surface area contributed by atoms with E-state index in [1.807, 2.05) is 24.3 Å². The van der Waals surface area contributed by atoms with Crippen LogP contribution in [0.1, 0.15) is 38.8 Å². The number of hydrogen-bond donors (Lipinski definition) is 1. The standard InChI is InChI=1S/C20H29N3O2/c1-14(2)17-12-23(11-16-8-6-15(10-21)7-9-16)13-18(17)22-19(24)20(3,4)25-5/h6-9,14,17-18H,11-13H2,1-5H3,(H,22,24)/t17-,18+/m1/s1. The molecule has 0 aliphatic carbocycles. The van der Waals surface area contributed by atoms with Crippen molar-refractivity contribution in [3.8, 4) is 6.07 Å². The Morgan fingerprint density at radius 1 is 1.36 bits per heavy atom. The predicted molar refractivity (Wildman–Crippen MR) is 97.8 cm³/mol. The molecule has 2 atom stereocenters. The molecule has 2 rings (SSSR count). The van der Waals surface area contributed by atoms with Crippen LogP contribution >= 0.6 is 0 Å². The van der Waals surface area contributed by atoms with Gasteiger partial charge in [-0.1, -0.05) is 26.0 Å². The van der Waals surface area contributed by atoms with E-state index in [1.165, 1.54) is 5.56 Å². The van der Waals surface area contributed by atoms with E-state index in [4.69, 9.17) is 10.00 Å². The zero-order valence-corrected chi connectivity index (χ0v) is 15.9. The topological polar surface area (TPSA) is 65.4 Å². The third kappa shape index (κ3) is 4.81. The van der Waals surface area contributed by atoms with Crippen LogP contribution in [0.15, 0.2) is 24.3 Å². The van der Waals surface area contributed by atoms with Crippen molar-refractivity contribution >= 4 is 5.91 Å². The van der Waals surface area contributed by atoms with Crippen molar-refractivity contribution in [3.63, 3.8) is 0 Å². The van der Waals surface area contributed by atoms with Crippen LogP contribution in [0, 0.1) is 23.2 Å². The molecule has 1 aromatic rings. The Bertz CT molecular complexity index is 631. The summed E-state index contributed by atoms with van der Waals surface area (Å²) in [6.07, 6.45) is 0. The number of carbonyl (C=O) groups excluding carboxylic acids is 1. The summed E-state index contributed by atoms with van der Waals surface area (Å²) in [4.78, 5) is 14.8. The highest BCUT2D eigenvalue weighted by molar-refractivity contribution is 5.84. The van der Waals surface area contributed by atoms with Gasteiger partial charge in [-0.15, -0.1) is 0 Å². The maximum atomic E-state index is 12.5. The second kappa shape index (κ2) is 7.99. The summed E-state index contributed by atoms with van der Waals surface area (Å²) in [7, 11) is 1.56. The summed E-state index contributed by atoms with van der Waals surface area (Å²) >= 11 is 0. The second-order valence-electron chi connectivity index (χ2n) is 7.71. The van der Waals surface area contributed by atoms with E-state index in [2.05, 4.69) is 30.1 Å². The first-order chi connectivity index (χ1) is 11.8. The molecule has 0 aromatic heterocycles. The lowest BCUT2D eigenvalue weighted by atomic mass is 9.91. The molecule has 1 aromatic carbocycles. The van der Waals surface area contributed by atoms with Gasteiger partial charge in [0.15, 0.2) is 0 Å². The van der Waals surface area contributed by atoms with Crippen LogP contribution in [0.25, 0.3) is 0 Å². The lowest BCUT2D eigenvalue weighted by Gasteiger charge is -2.28. The van der Waals surface area contributed by atoms with E-state index in [-0.39, 0.29) is 11.9 Å². The minimum absolute atomic E-state index is 0.0640. The number of ether oxygens (including phenoxy) is 1. The van der Waals surface area contributed by atoms with Crippen molar-refractivity contribution in [1.82, 2.24) is 10.2 Å². The molecule has 0 spiro atoms. The normalized spacial score (nSPS) is 21.3. The van der Waals surface area contributed by atoms with Crippen molar-refractivity contribution in [2.24, 2.45) is 11.8 Å². The molecule has 0 radical (unpaired) electrons. The maximum absolute atomic E-state index is 12.5. The fourth-order valence-electron chi connectivity index (χ4n) is 3.25. The summed E-state index contributed by atoms with van der Waals surface area (Å²) in [5.74, 6) is 0.836. The van der Waals surface area contributed by atoms with Crippen LogP contribution in [0.3, 0.4) is 0 Å². The molecule has 1 saturated heterocycles. The molecule has 25 heavy (non-hydrogen) atoms. The highest BCUT2D eigenvalue weighted by Crippen LogP contribution is 2.26. The first kappa shape index (κ1) is 19.4. The van der Waals surface area contributed by atoms with Gasteiger partial charge in [0.2, 0.25) is 0 Å². The van der Waals surface area contributed by atoms with Gasteiger partial charge >= 0.3 is 0 Å². The minimum Gasteiger partial charge on any atom is -0.369 e. The number of carbonyl (C=O) groups is 1. The van der Waals surface area contributed by atoms with Gasteiger partial charge in [-0.25, -0.2) is 0 Å². The Morgan fingerprint density at radius 2 is 2.00 bits per heavy atom. The fraction of sp³-hybridized carbons (Fsp3) is 0.600. The van der Waals surface area contributed by atoms with Crippen molar-refractivity contribution in [2.75, 3.05) is 20.2 Å². The highest BCUT2D eigenvalue weighted by atomic mass is 16.5. The number of nitriles is 1. The lowest BCUT2D eigenvalue weighted by molar-refractivity contribution is -0.140. The van der Waals surface area contributed by atoms with Gasteiger partial charge < -0.3 is 10.1 Å². The zero-order chi connectivity index (χ0) is 18.6. The molecular formula is C20H29N3O2. The minimum atomic E-state index is -0.817. The van der Waals surface area contributed by atoms with Crippen LogP contribution in [0.5, 0.6) is 0 Å². The van der Waals surface area contributed by atoms with Crippen molar-refractivity contribution in [1.29, 1.82) is 5.26 Å². The summed E-state index contributed by atoms with van der Waals surface area (Å²) in [6.45, 7) is 10.6. The van der Waals surface area contributed by atoms with Crippen molar-refractivity contribution < 1.29 is 9.53 Å². The molecule has 1 N–H and O–H groups in total. The molecule has 1 heterocycles. The van der Waals surface area contributed by atoms with E-state index >= 15 is 0 Å². The van der Waals surface area contributed by atoms with Gasteiger partial charge in [0.1, 0.15) is 5.60 Å². The van der Waals surface area contributed by atoms with E-state index in [0.717, 1.165) is 19.6 Å². The van der Waals surface area contributed by atoms with Gasteiger partial charge in [-0.05, 0) is 43.4 Å². The van der Waals surface area contributed by atoms with Gasteiger partial charge in [-0.3, -0.25) is 9.69 Å². The Hall–Kier alpha value is -1.90. The molecule has 0 saturated carbocycles. The molecule has 136 valence electrons. The summed E-state index contributed by atoms with van der Waals surface area (Å²) in [5, 5.41) is 12.1. The highest BCUT2D eigenvalue weighted by Gasteiger charge is 2.38. The van der Waals surface area contributed by atoms with Crippen molar-refractivity contribution in [3.05, 3.63) is 35.4 Å². The maximum Gasteiger partial charge on any atom is 0.251 e.